The Kier molecular flexibility index (Phi) is 7.37. The predicted molar refractivity (Wildman–Crippen MR) is 112 cm³/mol. The van der Waals surface area contributed by atoms with E-state index in [4.69, 9.17) is 4.74 Å². The minimum atomic E-state index is -1.13. The van der Waals surface area contributed by atoms with Gasteiger partial charge in [0.2, 0.25) is 0 Å². The number of aromatic carboxylic acids is 1. The molecule has 162 valence electrons. The number of hydrogen-bond donors (Lipinski definition) is 1. The zero-order chi connectivity index (χ0) is 22.2. The molecule has 0 aliphatic heterocycles. The first kappa shape index (κ1) is 22.0. The lowest BCUT2D eigenvalue weighted by atomic mass is 10.1. The van der Waals surface area contributed by atoms with Crippen LogP contribution in [0.5, 0.6) is 5.75 Å². The third-order valence-electron chi connectivity index (χ3n) is 4.79. The van der Waals surface area contributed by atoms with Crippen molar-refractivity contribution in [3.05, 3.63) is 83.7 Å². The monoisotopic (exact) mass is 425 g/mol. The molecule has 0 atom stereocenters. The lowest BCUT2D eigenvalue weighted by Crippen LogP contribution is -2.36. The van der Waals surface area contributed by atoms with Gasteiger partial charge in [-0.1, -0.05) is 24.3 Å². The normalized spacial score (nSPS) is 10.6. The van der Waals surface area contributed by atoms with E-state index >= 15 is 0 Å². The molecule has 0 aliphatic rings. The highest BCUT2D eigenvalue weighted by molar-refractivity contribution is 5.91. The Labute approximate surface area is 179 Å². The lowest BCUT2D eigenvalue weighted by molar-refractivity contribution is -0.134. The van der Waals surface area contributed by atoms with Crippen molar-refractivity contribution in [3.8, 4) is 5.75 Å². The Bertz CT molecular complexity index is 1040. The van der Waals surface area contributed by atoms with Crippen LogP contribution >= 0.6 is 0 Å². The number of amides is 1. The van der Waals surface area contributed by atoms with Crippen molar-refractivity contribution in [1.29, 1.82) is 0 Å². The Balaban J connectivity index is 1.69. The molecule has 1 N–H and O–H groups in total. The first-order valence-corrected chi connectivity index (χ1v) is 9.87. The largest absolute Gasteiger partial charge is 0.483 e. The quantitative estimate of drug-likeness (QED) is 0.537. The Morgan fingerprint density at radius 1 is 1.23 bits per heavy atom. The molecule has 0 unspecified atom stereocenters. The number of carbonyl (C=O) groups excluding carboxylic acids is 1. The fourth-order valence-corrected chi connectivity index (χ4v) is 3.14. The predicted octanol–water partition coefficient (Wildman–Crippen LogP) is 3.53. The number of carbonyl (C=O) groups is 2. The Morgan fingerprint density at radius 3 is 2.74 bits per heavy atom. The lowest BCUT2D eigenvalue weighted by Gasteiger charge is -2.23. The average Bonchev–Trinajstić information content (AvgIpc) is 3.26. The van der Waals surface area contributed by atoms with Crippen LogP contribution in [0.1, 0.15) is 27.9 Å². The Morgan fingerprint density at radius 2 is 2.03 bits per heavy atom. The van der Waals surface area contributed by atoms with Crippen LogP contribution in [0, 0.1) is 12.7 Å². The molecular weight excluding hydrogens is 401 g/mol. The highest BCUT2D eigenvalue weighted by Crippen LogP contribution is 2.21. The molecule has 0 saturated heterocycles. The summed E-state index contributed by atoms with van der Waals surface area (Å²) in [6.45, 7) is 2.60. The van der Waals surface area contributed by atoms with Crippen LogP contribution in [0.2, 0.25) is 0 Å². The van der Waals surface area contributed by atoms with Crippen molar-refractivity contribution in [1.82, 2.24) is 14.5 Å². The van der Waals surface area contributed by atoms with Crippen LogP contribution in [0.25, 0.3) is 0 Å². The minimum absolute atomic E-state index is 0.0147. The highest BCUT2D eigenvalue weighted by Gasteiger charge is 2.18. The van der Waals surface area contributed by atoms with Gasteiger partial charge in [0.05, 0.1) is 6.33 Å². The van der Waals surface area contributed by atoms with Crippen molar-refractivity contribution >= 4 is 11.9 Å². The zero-order valence-corrected chi connectivity index (χ0v) is 17.2. The fraction of sp³-hybridized carbons (Fsp3) is 0.261. The number of halogens is 1. The number of benzene rings is 2. The SMILES string of the molecule is Cc1ccc(C(=O)O)c(OCC(=O)N(CCCn2ccnc2)Cc2ccccc2F)c1. The molecule has 0 bridgehead atoms. The number of rotatable bonds is 10. The van der Waals surface area contributed by atoms with E-state index in [1.54, 1.807) is 49.8 Å². The molecule has 0 fully saturated rings. The smallest absolute Gasteiger partial charge is 0.339 e. The van der Waals surface area contributed by atoms with E-state index in [0.717, 1.165) is 5.56 Å². The van der Waals surface area contributed by atoms with Crippen LogP contribution in [-0.4, -0.2) is 44.6 Å². The first-order chi connectivity index (χ1) is 14.9. The maximum absolute atomic E-state index is 14.1. The topological polar surface area (TPSA) is 84.7 Å². The highest BCUT2D eigenvalue weighted by atomic mass is 19.1. The number of aromatic nitrogens is 2. The minimum Gasteiger partial charge on any atom is -0.483 e. The molecule has 8 heteroatoms. The summed E-state index contributed by atoms with van der Waals surface area (Å²) in [6.07, 6.45) is 5.84. The summed E-state index contributed by atoms with van der Waals surface area (Å²) in [6, 6.07) is 11.0. The molecule has 0 aliphatic carbocycles. The molecule has 1 amide bonds. The van der Waals surface area contributed by atoms with Crippen LogP contribution in [0.4, 0.5) is 4.39 Å². The zero-order valence-electron chi connectivity index (χ0n) is 17.2. The third kappa shape index (κ3) is 6.15. The van der Waals surface area contributed by atoms with Crippen LogP contribution in [0.15, 0.2) is 61.2 Å². The maximum Gasteiger partial charge on any atom is 0.339 e. The van der Waals surface area contributed by atoms with Crippen molar-refractivity contribution in [2.45, 2.75) is 26.4 Å². The molecule has 3 aromatic rings. The fourth-order valence-electron chi connectivity index (χ4n) is 3.14. The van der Waals surface area contributed by atoms with Gasteiger partial charge in [-0.2, -0.15) is 0 Å². The molecular formula is C23H24FN3O4. The van der Waals surface area contributed by atoms with Gasteiger partial charge in [-0.25, -0.2) is 14.2 Å². The summed E-state index contributed by atoms with van der Waals surface area (Å²) in [7, 11) is 0. The van der Waals surface area contributed by atoms with Crippen LogP contribution in [-0.2, 0) is 17.9 Å². The van der Waals surface area contributed by atoms with Crippen molar-refractivity contribution in [2.75, 3.05) is 13.2 Å². The molecule has 7 nitrogen and oxygen atoms in total. The summed E-state index contributed by atoms with van der Waals surface area (Å²) in [5.41, 5.74) is 1.20. The number of aryl methyl sites for hydroxylation is 2. The standard InChI is InChI=1S/C23H24FN3O4/c1-17-7-8-19(23(29)30)21(13-17)31-15-22(28)27(11-4-10-26-12-9-25-16-26)14-18-5-2-3-6-20(18)24/h2-3,5-9,12-13,16H,4,10-11,14-15H2,1H3,(H,29,30). The summed E-state index contributed by atoms with van der Waals surface area (Å²) in [5, 5.41) is 9.34. The second-order valence-electron chi connectivity index (χ2n) is 7.15. The molecule has 0 saturated carbocycles. The van der Waals surface area contributed by atoms with E-state index in [9.17, 15) is 19.1 Å². The summed E-state index contributed by atoms with van der Waals surface area (Å²) >= 11 is 0. The van der Waals surface area contributed by atoms with E-state index in [2.05, 4.69) is 4.98 Å². The van der Waals surface area contributed by atoms with Gasteiger partial charge < -0.3 is 19.3 Å². The van der Waals surface area contributed by atoms with Gasteiger partial charge in [0.15, 0.2) is 6.61 Å². The first-order valence-electron chi connectivity index (χ1n) is 9.87. The summed E-state index contributed by atoms with van der Waals surface area (Å²) in [5.74, 6) is -1.74. The third-order valence-corrected chi connectivity index (χ3v) is 4.79. The summed E-state index contributed by atoms with van der Waals surface area (Å²) in [4.78, 5) is 29.8. The van der Waals surface area contributed by atoms with Gasteiger partial charge in [0.1, 0.15) is 17.1 Å². The van der Waals surface area contributed by atoms with Gasteiger partial charge in [-0.05, 0) is 37.1 Å². The molecule has 1 heterocycles. The number of nitrogens with zero attached hydrogens (tertiary/aromatic N) is 3. The number of hydrogen-bond acceptors (Lipinski definition) is 4. The molecule has 31 heavy (non-hydrogen) atoms. The van der Waals surface area contributed by atoms with Crippen LogP contribution in [0.3, 0.4) is 0 Å². The molecule has 3 rings (SSSR count). The Hall–Kier alpha value is -3.68. The average molecular weight is 425 g/mol. The van der Waals surface area contributed by atoms with Gasteiger partial charge in [0.25, 0.3) is 5.91 Å². The van der Waals surface area contributed by atoms with Gasteiger partial charge in [0, 0.05) is 37.6 Å². The second-order valence-corrected chi connectivity index (χ2v) is 7.15. The second kappa shape index (κ2) is 10.4. The number of imidazole rings is 1. The summed E-state index contributed by atoms with van der Waals surface area (Å²) < 4.78 is 21.6. The van der Waals surface area contributed by atoms with Crippen molar-refractivity contribution in [3.63, 3.8) is 0 Å². The molecule has 0 radical (unpaired) electrons. The van der Waals surface area contributed by atoms with Crippen molar-refractivity contribution < 1.29 is 23.8 Å². The van der Waals surface area contributed by atoms with E-state index in [0.29, 0.717) is 25.1 Å². The maximum atomic E-state index is 14.1. The van der Waals surface area contributed by atoms with E-state index in [1.807, 2.05) is 10.8 Å². The molecule has 1 aromatic heterocycles. The van der Waals surface area contributed by atoms with Gasteiger partial charge in [-0.15, -0.1) is 0 Å². The number of carboxylic acids is 1. The van der Waals surface area contributed by atoms with Crippen LogP contribution < -0.4 is 4.74 Å². The van der Waals surface area contributed by atoms with E-state index < -0.39 is 5.97 Å². The number of carboxylic acid groups (broad SMARTS) is 1. The van der Waals surface area contributed by atoms with Crippen molar-refractivity contribution in [2.24, 2.45) is 0 Å². The molecule has 0 spiro atoms. The molecule has 2 aromatic carbocycles. The van der Waals surface area contributed by atoms with E-state index in [-0.39, 0.29) is 36.2 Å². The van der Waals surface area contributed by atoms with Gasteiger partial charge in [-0.3, -0.25) is 4.79 Å². The van der Waals surface area contributed by atoms with Gasteiger partial charge >= 0.3 is 5.97 Å². The van der Waals surface area contributed by atoms with E-state index in [1.165, 1.54) is 17.0 Å². The number of ether oxygens (including phenoxy) is 1.